The molecule has 0 bridgehead atoms. The molecular formula is C16H33N3O2. The average Bonchev–Trinajstić information content (AvgIpc) is 2.48. The Bertz CT molecular complexity index is 283. The molecule has 0 aliphatic heterocycles. The molecule has 5 heteroatoms. The van der Waals surface area contributed by atoms with E-state index in [2.05, 4.69) is 24.5 Å². The van der Waals surface area contributed by atoms with Crippen LogP contribution in [0.4, 0.5) is 0 Å². The Morgan fingerprint density at radius 3 is 2.14 bits per heavy atom. The fraction of sp³-hybridized carbons (Fsp3) is 0.875. The summed E-state index contributed by atoms with van der Waals surface area (Å²) in [4.78, 5) is 23.7. The summed E-state index contributed by atoms with van der Waals surface area (Å²) in [5.74, 6) is -0.251. The number of hydrogen-bond acceptors (Lipinski definition) is 3. The SMILES string of the molecule is CCCCCCNC(=O)C(CN)NC(=O)CCCCCC. The number of nitrogens with two attached hydrogens (primary N) is 1. The summed E-state index contributed by atoms with van der Waals surface area (Å²) in [7, 11) is 0. The second-order valence-electron chi connectivity index (χ2n) is 5.52. The summed E-state index contributed by atoms with van der Waals surface area (Å²) < 4.78 is 0. The van der Waals surface area contributed by atoms with Crippen molar-refractivity contribution < 1.29 is 9.59 Å². The first-order chi connectivity index (χ1) is 10.2. The van der Waals surface area contributed by atoms with Gasteiger partial charge in [0.05, 0.1) is 0 Å². The standard InChI is InChI=1S/C16H33N3O2/c1-3-5-7-9-11-15(20)19-14(13-17)16(21)18-12-10-8-6-4-2/h14H,3-13,17H2,1-2H3,(H,18,21)(H,19,20). The van der Waals surface area contributed by atoms with Gasteiger partial charge in [0.25, 0.3) is 0 Å². The predicted molar refractivity (Wildman–Crippen MR) is 86.9 cm³/mol. The van der Waals surface area contributed by atoms with Crippen LogP contribution < -0.4 is 16.4 Å². The van der Waals surface area contributed by atoms with Crippen LogP contribution in [0.15, 0.2) is 0 Å². The zero-order valence-electron chi connectivity index (χ0n) is 13.7. The number of hydrogen-bond donors (Lipinski definition) is 3. The molecule has 1 atom stereocenters. The Morgan fingerprint density at radius 1 is 0.952 bits per heavy atom. The Balaban J connectivity index is 3.85. The minimum atomic E-state index is -0.602. The zero-order chi connectivity index (χ0) is 15.9. The Hall–Kier alpha value is -1.10. The summed E-state index contributed by atoms with van der Waals surface area (Å²) in [5.41, 5.74) is 5.57. The molecule has 0 fully saturated rings. The normalized spacial score (nSPS) is 12.0. The van der Waals surface area contributed by atoms with E-state index in [1.165, 1.54) is 12.8 Å². The molecule has 0 radical (unpaired) electrons. The second-order valence-corrected chi connectivity index (χ2v) is 5.52. The van der Waals surface area contributed by atoms with Gasteiger partial charge in [-0.05, 0) is 12.8 Å². The quantitative estimate of drug-likeness (QED) is 0.455. The van der Waals surface area contributed by atoms with E-state index in [9.17, 15) is 9.59 Å². The van der Waals surface area contributed by atoms with Gasteiger partial charge >= 0.3 is 0 Å². The van der Waals surface area contributed by atoms with E-state index in [1.54, 1.807) is 0 Å². The van der Waals surface area contributed by atoms with Gasteiger partial charge in [-0.2, -0.15) is 0 Å². The first-order valence-electron chi connectivity index (χ1n) is 8.42. The number of carbonyl (C=O) groups is 2. The van der Waals surface area contributed by atoms with Gasteiger partial charge in [-0.3, -0.25) is 9.59 Å². The van der Waals surface area contributed by atoms with Crippen LogP contribution in [0.5, 0.6) is 0 Å². The molecule has 0 saturated heterocycles. The molecule has 0 aromatic heterocycles. The molecule has 0 saturated carbocycles. The minimum Gasteiger partial charge on any atom is -0.354 e. The van der Waals surface area contributed by atoms with Crippen molar-refractivity contribution in [1.82, 2.24) is 10.6 Å². The Labute approximate surface area is 129 Å². The maximum Gasteiger partial charge on any atom is 0.243 e. The lowest BCUT2D eigenvalue weighted by molar-refractivity contribution is -0.128. The summed E-state index contributed by atoms with van der Waals surface area (Å²) in [5, 5.41) is 5.56. The maximum atomic E-state index is 11.9. The smallest absolute Gasteiger partial charge is 0.243 e. The van der Waals surface area contributed by atoms with Gasteiger partial charge in [0.15, 0.2) is 0 Å². The van der Waals surface area contributed by atoms with E-state index in [0.29, 0.717) is 13.0 Å². The molecule has 21 heavy (non-hydrogen) atoms. The van der Waals surface area contributed by atoms with Crippen molar-refractivity contribution in [3.05, 3.63) is 0 Å². The van der Waals surface area contributed by atoms with Crippen molar-refractivity contribution in [3.63, 3.8) is 0 Å². The van der Waals surface area contributed by atoms with E-state index in [1.807, 2.05) is 0 Å². The molecule has 0 aliphatic rings. The van der Waals surface area contributed by atoms with Gasteiger partial charge < -0.3 is 16.4 Å². The molecule has 0 heterocycles. The topological polar surface area (TPSA) is 84.2 Å². The van der Waals surface area contributed by atoms with E-state index < -0.39 is 6.04 Å². The number of amides is 2. The van der Waals surface area contributed by atoms with Gasteiger partial charge in [-0.1, -0.05) is 52.4 Å². The highest BCUT2D eigenvalue weighted by Crippen LogP contribution is 2.02. The number of nitrogens with one attached hydrogen (secondary N) is 2. The van der Waals surface area contributed by atoms with Crippen molar-refractivity contribution in [1.29, 1.82) is 0 Å². The third kappa shape index (κ3) is 11.3. The van der Waals surface area contributed by atoms with Gasteiger partial charge in [-0.25, -0.2) is 0 Å². The van der Waals surface area contributed by atoms with Crippen molar-refractivity contribution >= 4 is 11.8 Å². The number of unbranched alkanes of at least 4 members (excludes halogenated alkanes) is 6. The molecule has 5 nitrogen and oxygen atoms in total. The van der Waals surface area contributed by atoms with Crippen molar-refractivity contribution in [2.24, 2.45) is 5.73 Å². The van der Waals surface area contributed by atoms with Crippen molar-refractivity contribution in [2.75, 3.05) is 13.1 Å². The Kier molecular flexibility index (Phi) is 13.1. The molecule has 124 valence electrons. The first kappa shape index (κ1) is 19.9. The molecule has 1 unspecified atom stereocenters. The molecule has 0 spiro atoms. The van der Waals surface area contributed by atoms with Gasteiger partial charge in [-0.15, -0.1) is 0 Å². The van der Waals surface area contributed by atoms with Crippen LogP contribution in [-0.4, -0.2) is 30.9 Å². The minimum absolute atomic E-state index is 0.0808. The molecule has 0 aromatic rings. The van der Waals surface area contributed by atoms with Crippen LogP contribution in [-0.2, 0) is 9.59 Å². The molecular weight excluding hydrogens is 266 g/mol. The molecule has 0 aromatic carbocycles. The summed E-state index contributed by atoms with van der Waals surface area (Å²) in [6.07, 6.45) is 9.14. The van der Waals surface area contributed by atoms with E-state index >= 15 is 0 Å². The molecule has 2 amide bonds. The first-order valence-corrected chi connectivity index (χ1v) is 8.42. The van der Waals surface area contributed by atoms with E-state index in [-0.39, 0.29) is 18.4 Å². The second kappa shape index (κ2) is 13.9. The monoisotopic (exact) mass is 299 g/mol. The van der Waals surface area contributed by atoms with Crippen LogP contribution in [0.3, 0.4) is 0 Å². The van der Waals surface area contributed by atoms with Gasteiger partial charge in [0.2, 0.25) is 11.8 Å². The largest absolute Gasteiger partial charge is 0.354 e. The lowest BCUT2D eigenvalue weighted by Gasteiger charge is -2.16. The van der Waals surface area contributed by atoms with E-state index in [4.69, 9.17) is 5.73 Å². The average molecular weight is 299 g/mol. The summed E-state index contributed by atoms with van der Waals surface area (Å²) >= 11 is 0. The van der Waals surface area contributed by atoms with Crippen LogP contribution >= 0.6 is 0 Å². The molecule has 0 rings (SSSR count). The molecule has 4 N–H and O–H groups in total. The van der Waals surface area contributed by atoms with Crippen molar-refractivity contribution in [3.8, 4) is 0 Å². The lowest BCUT2D eigenvalue weighted by atomic mass is 10.1. The van der Waals surface area contributed by atoms with Crippen LogP contribution in [0.25, 0.3) is 0 Å². The van der Waals surface area contributed by atoms with Gasteiger partial charge in [0.1, 0.15) is 6.04 Å². The highest BCUT2D eigenvalue weighted by Gasteiger charge is 2.18. The zero-order valence-corrected chi connectivity index (χ0v) is 13.7. The van der Waals surface area contributed by atoms with Gasteiger partial charge in [0, 0.05) is 19.5 Å². The summed E-state index contributed by atoms with van der Waals surface area (Å²) in [6.45, 7) is 5.08. The number of carbonyl (C=O) groups excluding carboxylic acids is 2. The highest BCUT2D eigenvalue weighted by atomic mass is 16.2. The predicted octanol–water partition coefficient (Wildman–Crippen LogP) is 2.10. The highest BCUT2D eigenvalue weighted by molar-refractivity contribution is 5.87. The van der Waals surface area contributed by atoms with Crippen LogP contribution in [0.1, 0.15) is 71.6 Å². The molecule has 0 aliphatic carbocycles. The summed E-state index contributed by atoms with van der Waals surface area (Å²) in [6, 6.07) is -0.602. The van der Waals surface area contributed by atoms with E-state index in [0.717, 1.165) is 38.5 Å². The maximum absolute atomic E-state index is 11.9. The lowest BCUT2D eigenvalue weighted by Crippen LogP contribution is -2.50. The van der Waals surface area contributed by atoms with Crippen molar-refractivity contribution in [2.45, 2.75) is 77.7 Å². The fourth-order valence-electron chi connectivity index (χ4n) is 2.10. The third-order valence-corrected chi connectivity index (χ3v) is 3.47. The Morgan fingerprint density at radius 2 is 1.57 bits per heavy atom. The third-order valence-electron chi connectivity index (χ3n) is 3.47. The van der Waals surface area contributed by atoms with Crippen LogP contribution in [0, 0.1) is 0 Å². The van der Waals surface area contributed by atoms with Crippen LogP contribution in [0.2, 0.25) is 0 Å². The fourth-order valence-corrected chi connectivity index (χ4v) is 2.10. The number of rotatable bonds is 13.